The molecule has 0 spiro atoms. The molecular formula is C17H26N2O3. The molecule has 0 saturated heterocycles. The van der Waals surface area contributed by atoms with E-state index >= 15 is 0 Å². The third kappa shape index (κ3) is 4.37. The molecule has 5 heteroatoms. The Morgan fingerprint density at radius 2 is 2.05 bits per heavy atom. The van der Waals surface area contributed by atoms with E-state index in [2.05, 4.69) is 0 Å². The number of carbonyl (C=O) groups excluding carboxylic acids is 1. The van der Waals surface area contributed by atoms with Crippen molar-refractivity contribution in [2.75, 3.05) is 27.3 Å². The minimum absolute atomic E-state index is 0.0695. The van der Waals surface area contributed by atoms with E-state index in [-0.39, 0.29) is 17.9 Å². The molecule has 0 aromatic heterocycles. The Labute approximate surface area is 132 Å². The van der Waals surface area contributed by atoms with Crippen LogP contribution in [0, 0.1) is 5.92 Å². The molecule has 2 unspecified atom stereocenters. The second kappa shape index (κ2) is 8.03. The molecule has 22 heavy (non-hydrogen) atoms. The van der Waals surface area contributed by atoms with E-state index in [0.717, 1.165) is 25.7 Å². The number of nitrogens with zero attached hydrogens (tertiary/aromatic N) is 1. The van der Waals surface area contributed by atoms with Crippen molar-refractivity contribution in [3.8, 4) is 11.5 Å². The first-order valence-electron chi connectivity index (χ1n) is 7.88. The summed E-state index contributed by atoms with van der Waals surface area (Å²) in [6, 6.07) is 7.68. The fourth-order valence-corrected chi connectivity index (χ4v) is 2.90. The van der Waals surface area contributed by atoms with Gasteiger partial charge in [0.1, 0.15) is 6.61 Å². The van der Waals surface area contributed by atoms with Gasteiger partial charge in [0.15, 0.2) is 11.5 Å². The lowest BCUT2D eigenvalue weighted by atomic mass is 9.85. The molecule has 1 aliphatic rings. The summed E-state index contributed by atoms with van der Waals surface area (Å²) in [7, 11) is 3.44. The lowest BCUT2D eigenvalue weighted by Crippen LogP contribution is -2.40. The molecule has 1 fully saturated rings. The maximum absolute atomic E-state index is 12.4. The Morgan fingerprint density at radius 1 is 1.32 bits per heavy atom. The highest BCUT2D eigenvalue weighted by molar-refractivity contribution is 5.78. The molecule has 2 atom stereocenters. The van der Waals surface area contributed by atoms with E-state index in [9.17, 15) is 4.79 Å². The van der Waals surface area contributed by atoms with Crippen LogP contribution in [0.4, 0.5) is 0 Å². The summed E-state index contributed by atoms with van der Waals surface area (Å²) in [4.78, 5) is 14.1. The molecule has 122 valence electrons. The number of methoxy groups -OCH3 is 1. The van der Waals surface area contributed by atoms with Crippen molar-refractivity contribution in [2.45, 2.75) is 31.7 Å². The first kappa shape index (κ1) is 16.6. The van der Waals surface area contributed by atoms with Gasteiger partial charge in [-0.15, -0.1) is 0 Å². The van der Waals surface area contributed by atoms with Crippen molar-refractivity contribution in [1.29, 1.82) is 0 Å². The maximum atomic E-state index is 12.4. The maximum Gasteiger partial charge on any atom is 0.225 e. The average molecular weight is 306 g/mol. The molecule has 0 bridgehead atoms. The van der Waals surface area contributed by atoms with E-state index in [1.54, 1.807) is 12.0 Å². The van der Waals surface area contributed by atoms with Crippen molar-refractivity contribution in [3.63, 3.8) is 0 Å². The van der Waals surface area contributed by atoms with Gasteiger partial charge < -0.3 is 20.1 Å². The topological polar surface area (TPSA) is 64.8 Å². The van der Waals surface area contributed by atoms with Gasteiger partial charge in [-0.1, -0.05) is 18.6 Å². The Hall–Kier alpha value is -1.75. The van der Waals surface area contributed by atoms with E-state index in [1.165, 1.54) is 0 Å². The van der Waals surface area contributed by atoms with Crippen LogP contribution in [-0.4, -0.2) is 44.2 Å². The molecule has 0 aliphatic heterocycles. The van der Waals surface area contributed by atoms with Gasteiger partial charge >= 0.3 is 0 Å². The van der Waals surface area contributed by atoms with Crippen molar-refractivity contribution < 1.29 is 14.3 Å². The number of nitrogens with two attached hydrogens (primary N) is 1. The number of ether oxygens (including phenoxy) is 2. The second-order valence-electron chi connectivity index (χ2n) is 5.88. The number of likely N-dealkylation sites (N-methyl/N-ethyl adjacent to an activating group) is 1. The summed E-state index contributed by atoms with van der Waals surface area (Å²) in [5.41, 5.74) is 5.96. The highest BCUT2D eigenvalue weighted by atomic mass is 16.5. The van der Waals surface area contributed by atoms with Crippen LogP contribution in [0.2, 0.25) is 0 Å². The van der Waals surface area contributed by atoms with Crippen LogP contribution in [0.15, 0.2) is 24.3 Å². The second-order valence-corrected chi connectivity index (χ2v) is 5.88. The molecule has 2 N–H and O–H groups in total. The summed E-state index contributed by atoms with van der Waals surface area (Å²) < 4.78 is 11.0. The van der Waals surface area contributed by atoms with Crippen LogP contribution in [0.3, 0.4) is 0 Å². The number of rotatable bonds is 6. The van der Waals surface area contributed by atoms with Crippen LogP contribution in [-0.2, 0) is 4.79 Å². The molecule has 1 amide bonds. The predicted molar refractivity (Wildman–Crippen MR) is 86.1 cm³/mol. The van der Waals surface area contributed by atoms with E-state index in [4.69, 9.17) is 15.2 Å². The fraction of sp³-hybridized carbons (Fsp3) is 0.588. The third-order valence-corrected chi connectivity index (χ3v) is 4.19. The molecule has 2 rings (SSSR count). The average Bonchev–Trinajstić information content (AvgIpc) is 2.54. The Balaban J connectivity index is 1.79. The first-order chi connectivity index (χ1) is 10.6. The number of benzene rings is 1. The number of hydrogen-bond acceptors (Lipinski definition) is 4. The van der Waals surface area contributed by atoms with Gasteiger partial charge in [-0.3, -0.25) is 4.79 Å². The monoisotopic (exact) mass is 306 g/mol. The lowest BCUT2D eigenvalue weighted by molar-refractivity contribution is -0.135. The van der Waals surface area contributed by atoms with Gasteiger partial charge in [-0.2, -0.15) is 0 Å². The van der Waals surface area contributed by atoms with Crippen LogP contribution < -0.4 is 15.2 Å². The highest BCUT2D eigenvalue weighted by Crippen LogP contribution is 2.26. The number of hydrogen-bond donors (Lipinski definition) is 1. The van der Waals surface area contributed by atoms with Crippen molar-refractivity contribution in [1.82, 2.24) is 4.90 Å². The number of amides is 1. The Kier molecular flexibility index (Phi) is 6.07. The fourth-order valence-electron chi connectivity index (χ4n) is 2.90. The van der Waals surface area contributed by atoms with Gasteiger partial charge in [-0.25, -0.2) is 0 Å². The van der Waals surface area contributed by atoms with Gasteiger partial charge in [-0.05, 0) is 31.4 Å². The van der Waals surface area contributed by atoms with E-state index in [0.29, 0.717) is 24.7 Å². The van der Waals surface area contributed by atoms with Crippen LogP contribution in [0.1, 0.15) is 25.7 Å². The zero-order chi connectivity index (χ0) is 15.9. The number of carbonyl (C=O) groups is 1. The van der Waals surface area contributed by atoms with E-state index < -0.39 is 0 Å². The Bertz CT molecular complexity index is 493. The van der Waals surface area contributed by atoms with Gasteiger partial charge in [0.05, 0.1) is 13.7 Å². The molecule has 0 heterocycles. The molecule has 5 nitrogen and oxygen atoms in total. The zero-order valence-corrected chi connectivity index (χ0v) is 13.5. The molecule has 1 saturated carbocycles. The summed E-state index contributed by atoms with van der Waals surface area (Å²) in [5.74, 6) is 1.65. The molecule has 1 aromatic carbocycles. The lowest BCUT2D eigenvalue weighted by Gasteiger charge is -2.29. The van der Waals surface area contributed by atoms with Crippen molar-refractivity contribution in [3.05, 3.63) is 24.3 Å². The zero-order valence-electron chi connectivity index (χ0n) is 13.5. The standard InChI is InChI=1S/C17H26N2O3/c1-19(17(20)13-6-5-7-14(18)12-13)10-11-22-16-9-4-3-8-15(16)21-2/h3-4,8-9,13-14H,5-7,10-12,18H2,1-2H3. The van der Waals surface area contributed by atoms with Crippen LogP contribution in [0.25, 0.3) is 0 Å². The van der Waals surface area contributed by atoms with E-state index in [1.807, 2.05) is 31.3 Å². The smallest absolute Gasteiger partial charge is 0.225 e. The third-order valence-electron chi connectivity index (χ3n) is 4.19. The molecule has 1 aliphatic carbocycles. The molecular weight excluding hydrogens is 280 g/mol. The normalized spacial score (nSPS) is 21.2. The summed E-state index contributed by atoms with van der Waals surface area (Å²) in [5, 5.41) is 0. The minimum atomic E-state index is 0.0695. The predicted octanol–water partition coefficient (Wildman–Crippen LogP) is 2.05. The van der Waals surface area contributed by atoms with Crippen LogP contribution in [0.5, 0.6) is 11.5 Å². The Morgan fingerprint density at radius 3 is 2.73 bits per heavy atom. The van der Waals surface area contributed by atoms with Gasteiger partial charge in [0, 0.05) is 19.0 Å². The summed E-state index contributed by atoms with van der Waals surface area (Å²) in [6.45, 7) is 1.00. The van der Waals surface area contributed by atoms with Crippen molar-refractivity contribution in [2.24, 2.45) is 11.7 Å². The highest BCUT2D eigenvalue weighted by Gasteiger charge is 2.27. The quantitative estimate of drug-likeness (QED) is 0.873. The van der Waals surface area contributed by atoms with Crippen LogP contribution >= 0.6 is 0 Å². The summed E-state index contributed by atoms with van der Waals surface area (Å²) >= 11 is 0. The largest absolute Gasteiger partial charge is 0.493 e. The first-order valence-corrected chi connectivity index (χ1v) is 7.88. The summed E-state index contributed by atoms with van der Waals surface area (Å²) in [6.07, 6.45) is 3.83. The molecule has 1 aromatic rings. The molecule has 0 radical (unpaired) electrons. The minimum Gasteiger partial charge on any atom is -0.493 e. The van der Waals surface area contributed by atoms with Gasteiger partial charge in [0.2, 0.25) is 5.91 Å². The van der Waals surface area contributed by atoms with Crippen molar-refractivity contribution >= 4 is 5.91 Å². The number of para-hydroxylation sites is 2. The van der Waals surface area contributed by atoms with Gasteiger partial charge in [0.25, 0.3) is 0 Å². The SMILES string of the molecule is COc1ccccc1OCCN(C)C(=O)C1CCCC(N)C1.